The molecule has 0 spiro atoms. The number of halogens is 1. The lowest BCUT2D eigenvalue weighted by atomic mass is 10.1. The van der Waals surface area contributed by atoms with Gasteiger partial charge in [-0.3, -0.25) is 4.79 Å². The average molecular weight is 295 g/mol. The van der Waals surface area contributed by atoms with Crippen molar-refractivity contribution in [3.63, 3.8) is 0 Å². The third-order valence-electron chi connectivity index (χ3n) is 2.28. The van der Waals surface area contributed by atoms with Gasteiger partial charge in [0.25, 0.3) is 0 Å². The fourth-order valence-corrected chi connectivity index (χ4v) is 1.88. The molecule has 3 nitrogen and oxygen atoms in total. The number of furan rings is 1. The minimum absolute atomic E-state index is 0.204. The molecule has 0 saturated carbocycles. The molecular weight excluding hydrogens is 284 g/mol. The van der Waals surface area contributed by atoms with Crippen molar-refractivity contribution in [2.45, 2.75) is 13.3 Å². The second kappa shape index (κ2) is 5.19. The number of benzene rings is 1. The second-order valence-electron chi connectivity index (χ2n) is 3.44. The van der Waals surface area contributed by atoms with Crippen LogP contribution in [-0.2, 0) is 4.79 Å². The Balaban J connectivity index is 2.30. The summed E-state index contributed by atoms with van der Waals surface area (Å²) >= 11 is 3.37. The van der Waals surface area contributed by atoms with Crippen LogP contribution in [0.25, 0.3) is 11.1 Å². The summed E-state index contributed by atoms with van der Waals surface area (Å²) in [5.41, 5.74) is 1.87. The molecule has 0 fully saturated rings. The highest BCUT2D eigenvalue weighted by Crippen LogP contribution is 2.37. The van der Waals surface area contributed by atoms with Crippen LogP contribution in [0.4, 0.5) is 0 Å². The highest BCUT2D eigenvalue weighted by atomic mass is 79.9. The predicted molar refractivity (Wildman–Crippen MR) is 67.8 cm³/mol. The molecule has 88 valence electrons. The third kappa shape index (κ3) is 2.58. The molecule has 17 heavy (non-hydrogen) atoms. The van der Waals surface area contributed by atoms with Crippen molar-refractivity contribution in [2.24, 2.45) is 0 Å². The number of carbonyl (C=O) groups excluding carboxylic acids is 1. The van der Waals surface area contributed by atoms with Gasteiger partial charge in [-0.25, -0.2) is 0 Å². The van der Waals surface area contributed by atoms with Crippen LogP contribution in [0.2, 0.25) is 0 Å². The molecule has 1 aromatic heterocycles. The van der Waals surface area contributed by atoms with Crippen molar-refractivity contribution in [3.8, 4) is 17.1 Å². The number of ether oxygens (including phenoxy) is 1. The quantitative estimate of drug-likeness (QED) is 0.803. The van der Waals surface area contributed by atoms with E-state index in [1.54, 1.807) is 13.2 Å². The molecule has 4 heteroatoms. The van der Waals surface area contributed by atoms with Crippen LogP contribution in [0.3, 0.4) is 0 Å². The standard InChI is InChI=1S/C13H11BrO3/c1-2-11(15)17-13-12(14)10(8-16-13)9-6-4-3-5-7-9/h3-8H,2H2,1H3. The maximum absolute atomic E-state index is 11.2. The van der Waals surface area contributed by atoms with E-state index in [0.717, 1.165) is 11.1 Å². The molecule has 2 aromatic rings. The molecule has 0 aliphatic rings. The van der Waals surface area contributed by atoms with Gasteiger partial charge in [0.1, 0.15) is 10.7 Å². The summed E-state index contributed by atoms with van der Waals surface area (Å²) in [7, 11) is 0. The first-order chi connectivity index (χ1) is 8.22. The first-order valence-corrected chi connectivity index (χ1v) is 6.04. The lowest BCUT2D eigenvalue weighted by Gasteiger charge is -1.99. The maximum atomic E-state index is 11.2. The number of rotatable bonds is 3. The van der Waals surface area contributed by atoms with Gasteiger partial charge in [0.05, 0.1) is 0 Å². The first kappa shape index (κ1) is 11.9. The molecule has 1 heterocycles. The van der Waals surface area contributed by atoms with Gasteiger partial charge in [-0.2, -0.15) is 0 Å². The monoisotopic (exact) mass is 294 g/mol. The van der Waals surface area contributed by atoms with Gasteiger partial charge in [0.15, 0.2) is 0 Å². The Hall–Kier alpha value is -1.55. The van der Waals surface area contributed by atoms with Crippen molar-refractivity contribution in [2.75, 3.05) is 0 Å². The Kier molecular flexibility index (Phi) is 3.64. The van der Waals surface area contributed by atoms with Crippen molar-refractivity contribution >= 4 is 21.9 Å². The van der Waals surface area contributed by atoms with Gasteiger partial charge in [-0.05, 0) is 21.5 Å². The summed E-state index contributed by atoms with van der Waals surface area (Å²) in [5, 5.41) is 0. The lowest BCUT2D eigenvalue weighted by molar-refractivity contribution is -0.135. The molecule has 0 bridgehead atoms. The molecule has 0 aliphatic carbocycles. The van der Waals surface area contributed by atoms with Gasteiger partial charge < -0.3 is 9.15 Å². The number of esters is 1. The number of hydrogen-bond acceptors (Lipinski definition) is 3. The van der Waals surface area contributed by atoms with E-state index < -0.39 is 0 Å². The summed E-state index contributed by atoms with van der Waals surface area (Å²) in [6.45, 7) is 1.73. The van der Waals surface area contributed by atoms with E-state index in [9.17, 15) is 4.79 Å². The summed E-state index contributed by atoms with van der Waals surface area (Å²) in [6, 6.07) is 9.73. The second-order valence-corrected chi connectivity index (χ2v) is 4.24. The van der Waals surface area contributed by atoms with Crippen molar-refractivity contribution in [1.29, 1.82) is 0 Å². The van der Waals surface area contributed by atoms with Crippen LogP contribution in [0.1, 0.15) is 13.3 Å². The Morgan fingerprint density at radius 3 is 2.71 bits per heavy atom. The van der Waals surface area contributed by atoms with Crippen LogP contribution in [0.5, 0.6) is 5.95 Å². The molecule has 0 amide bonds. The minimum atomic E-state index is -0.320. The third-order valence-corrected chi connectivity index (χ3v) is 3.03. The minimum Gasteiger partial charge on any atom is -0.432 e. The normalized spacial score (nSPS) is 10.2. The van der Waals surface area contributed by atoms with Gasteiger partial charge in [0, 0.05) is 12.0 Å². The SMILES string of the molecule is CCC(=O)Oc1occ(-c2ccccc2)c1Br. The largest absolute Gasteiger partial charge is 0.432 e. The summed E-state index contributed by atoms with van der Waals surface area (Å²) in [4.78, 5) is 11.2. The fourth-order valence-electron chi connectivity index (χ4n) is 1.38. The highest BCUT2D eigenvalue weighted by Gasteiger charge is 2.16. The summed E-state index contributed by atoms with van der Waals surface area (Å²) < 4.78 is 10.9. The van der Waals surface area contributed by atoms with Crippen LogP contribution in [-0.4, -0.2) is 5.97 Å². The molecular formula is C13H11BrO3. The van der Waals surface area contributed by atoms with Crippen molar-refractivity contribution < 1.29 is 13.9 Å². The Morgan fingerprint density at radius 1 is 1.35 bits per heavy atom. The summed E-state index contributed by atoms with van der Waals surface area (Å²) in [5.74, 6) is -0.115. The van der Waals surface area contributed by atoms with E-state index in [1.165, 1.54) is 0 Å². The Bertz CT molecular complexity index is 517. The van der Waals surface area contributed by atoms with Gasteiger partial charge in [-0.1, -0.05) is 37.3 Å². The van der Waals surface area contributed by atoms with E-state index >= 15 is 0 Å². The van der Waals surface area contributed by atoms with E-state index in [2.05, 4.69) is 15.9 Å². The Morgan fingerprint density at radius 2 is 2.06 bits per heavy atom. The number of hydrogen-bond donors (Lipinski definition) is 0. The van der Waals surface area contributed by atoms with Crippen LogP contribution in [0, 0.1) is 0 Å². The van der Waals surface area contributed by atoms with E-state index in [-0.39, 0.29) is 11.9 Å². The molecule has 0 N–H and O–H groups in total. The van der Waals surface area contributed by atoms with E-state index in [0.29, 0.717) is 10.9 Å². The van der Waals surface area contributed by atoms with Crippen LogP contribution in [0.15, 0.2) is 45.5 Å². The predicted octanol–water partition coefficient (Wildman–Crippen LogP) is 4.02. The van der Waals surface area contributed by atoms with E-state index in [4.69, 9.17) is 9.15 Å². The molecule has 1 aromatic carbocycles. The molecule has 0 atom stereocenters. The van der Waals surface area contributed by atoms with Crippen molar-refractivity contribution in [3.05, 3.63) is 41.1 Å². The summed E-state index contributed by atoms with van der Waals surface area (Å²) in [6.07, 6.45) is 1.88. The average Bonchev–Trinajstić information content (AvgIpc) is 2.72. The molecule has 0 unspecified atom stereocenters. The molecule has 0 radical (unpaired) electrons. The lowest BCUT2D eigenvalue weighted by Crippen LogP contribution is -2.04. The topological polar surface area (TPSA) is 39.4 Å². The Labute approximate surface area is 108 Å². The zero-order valence-corrected chi connectivity index (χ0v) is 10.9. The van der Waals surface area contributed by atoms with Gasteiger partial charge in [-0.15, -0.1) is 0 Å². The smallest absolute Gasteiger partial charge is 0.313 e. The maximum Gasteiger partial charge on any atom is 0.313 e. The zero-order valence-electron chi connectivity index (χ0n) is 9.27. The highest BCUT2D eigenvalue weighted by molar-refractivity contribution is 9.10. The number of carbonyl (C=O) groups is 1. The first-order valence-electron chi connectivity index (χ1n) is 5.25. The molecule has 2 rings (SSSR count). The van der Waals surface area contributed by atoms with Gasteiger partial charge >= 0.3 is 11.9 Å². The van der Waals surface area contributed by atoms with Gasteiger partial charge in [0.2, 0.25) is 0 Å². The zero-order chi connectivity index (χ0) is 12.3. The molecule has 0 aliphatic heterocycles. The van der Waals surface area contributed by atoms with Crippen LogP contribution >= 0.6 is 15.9 Å². The van der Waals surface area contributed by atoms with Crippen molar-refractivity contribution in [1.82, 2.24) is 0 Å². The van der Waals surface area contributed by atoms with E-state index in [1.807, 2.05) is 30.3 Å². The van der Waals surface area contributed by atoms with Crippen LogP contribution < -0.4 is 4.74 Å². The fraction of sp³-hybridized carbons (Fsp3) is 0.154. The molecule has 0 saturated heterocycles.